The standard InChI is InChI=1S/C15H15N3O2/c1-10-7-14(17-20-10)16-15(19)8-11-9-18(2)13-6-4-3-5-12(11)13/h3-7,9H,8H2,1-2H3,(H,16,17,19). The third-order valence-corrected chi connectivity index (χ3v) is 3.23. The van der Waals surface area contributed by atoms with Gasteiger partial charge < -0.3 is 14.4 Å². The van der Waals surface area contributed by atoms with E-state index in [2.05, 4.69) is 10.5 Å². The second-order valence-electron chi connectivity index (χ2n) is 4.83. The topological polar surface area (TPSA) is 60.1 Å². The lowest BCUT2D eigenvalue weighted by molar-refractivity contribution is -0.115. The highest BCUT2D eigenvalue weighted by Crippen LogP contribution is 2.21. The molecule has 0 fully saturated rings. The monoisotopic (exact) mass is 269 g/mol. The summed E-state index contributed by atoms with van der Waals surface area (Å²) in [7, 11) is 1.98. The van der Waals surface area contributed by atoms with E-state index in [1.54, 1.807) is 13.0 Å². The largest absolute Gasteiger partial charge is 0.360 e. The summed E-state index contributed by atoms with van der Waals surface area (Å²) >= 11 is 0. The number of carbonyl (C=O) groups excluding carboxylic acids is 1. The van der Waals surface area contributed by atoms with Gasteiger partial charge in [-0.1, -0.05) is 23.4 Å². The number of nitrogens with one attached hydrogen (secondary N) is 1. The minimum Gasteiger partial charge on any atom is -0.360 e. The summed E-state index contributed by atoms with van der Waals surface area (Å²) in [5, 5.41) is 7.58. The average molecular weight is 269 g/mol. The number of aryl methyl sites for hydroxylation is 2. The van der Waals surface area contributed by atoms with Gasteiger partial charge in [-0.15, -0.1) is 0 Å². The lowest BCUT2D eigenvalue weighted by Crippen LogP contribution is -2.14. The molecule has 5 heteroatoms. The highest BCUT2D eigenvalue weighted by molar-refractivity contribution is 5.95. The molecular weight excluding hydrogens is 254 g/mol. The minimum atomic E-state index is -0.102. The molecule has 2 aromatic heterocycles. The number of benzene rings is 1. The van der Waals surface area contributed by atoms with Crippen LogP contribution in [0.3, 0.4) is 0 Å². The molecule has 0 aliphatic carbocycles. The van der Waals surface area contributed by atoms with Gasteiger partial charge in [-0.05, 0) is 18.6 Å². The zero-order valence-corrected chi connectivity index (χ0v) is 11.4. The highest BCUT2D eigenvalue weighted by Gasteiger charge is 2.11. The first-order valence-corrected chi connectivity index (χ1v) is 6.39. The van der Waals surface area contributed by atoms with Gasteiger partial charge in [0, 0.05) is 30.2 Å². The summed E-state index contributed by atoms with van der Waals surface area (Å²) in [5.74, 6) is 1.02. The molecule has 0 aliphatic heterocycles. The van der Waals surface area contributed by atoms with Crippen molar-refractivity contribution < 1.29 is 9.32 Å². The van der Waals surface area contributed by atoms with Crippen LogP contribution in [0.2, 0.25) is 0 Å². The normalized spacial score (nSPS) is 10.9. The number of hydrogen-bond donors (Lipinski definition) is 1. The predicted octanol–water partition coefficient (Wildman–Crippen LogP) is 2.66. The molecule has 1 N–H and O–H groups in total. The Hall–Kier alpha value is -2.56. The van der Waals surface area contributed by atoms with Crippen molar-refractivity contribution in [3.05, 3.63) is 47.9 Å². The number of amides is 1. The van der Waals surface area contributed by atoms with Crippen molar-refractivity contribution in [3.8, 4) is 0 Å². The number of anilines is 1. The summed E-state index contributed by atoms with van der Waals surface area (Å²) < 4.78 is 6.95. The number of rotatable bonds is 3. The van der Waals surface area contributed by atoms with E-state index >= 15 is 0 Å². The Morgan fingerprint density at radius 3 is 2.95 bits per heavy atom. The van der Waals surface area contributed by atoms with Crippen LogP contribution in [0.15, 0.2) is 41.1 Å². The molecule has 0 saturated carbocycles. The van der Waals surface area contributed by atoms with Crippen molar-refractivity contribution in [1.82, 2.24) is 9.72 Å². The summed E-state index contributed by atoms with van der Waals surface area (Å²) in [6, 6.07) is 9.73. The average Bonchev–Trinajstić information content (AvgIpc) is 2.95. The van der Waals surface area contributed by atoms with E-state index in [4.69, 9.17) is 4.52 Å². The first-order chi connectivity index (χ1) is 9.63. The van der Waals surface area contributed by atoms with Gasteiger partial charge in [0.25, 0.3) is 0 Å². The molecule has 5 nitrogen and oxygen atoms in total. The van der Waals surface area contributed by atoms with Crippen molar-refractivity contribution in [2.75, 3.05) is 5.32 Å². The van der Waals surface area contributed by atoms with Crippen LogP contribution in [0.4, 0.5) is 5.82 Å². The number of carbonyl (C=O) groups is 1. The summed E-state index contributed by atoms with van der Waals surface area (Å²) in [6.45, 7) is 1.79. The van der Waals surface area contributed by atoms with Gasteiger partial charge in [-0.25, -0.2) is 0 Å². The van der Waals surface area contributed by atoms with Crippen LogP contribution < -0.4 is 5.32 Å². The zero-order valence-electron chi connectivity index (χ0n) is 11.4. The van der Waals surface area contributed by atoms with Gasteiger partial charge in [0.2, 0.25) is 5.91 Å². The quantitative estimate of drug-likeness (QED) is 0.795. The maximum Gasteiger partial charge on any atom is 0.230 e. The Morgan fingerprint density at radius 1 is 1.40 bits per heavy atom. The highest BCUT2D eigenvalue weighted by atomic mass is 16.5. The number of fused-ring (bicyclic) bond motifs is 1. The SMILES string of the molecule is Cc1cc(NC(=O)Cc2cn(C)c3ccccc23)no1. The van der Waals surface area contributed by atoms with E-state index < -0.39 is 0 Å². The number of nitrogens with zero attached hydrogens (tertiary/aromatic N) is 2. The Balaban J connectivity index is 1.81. The fraction of sp³-hybridized carbons (Fsp3) is 0.200. The molecule has 0 spiro atoms. The lowest BCUT2D eigenvalue weighted by Gasteiger charge is -2.00. The molecule has 1 amide bonds. The molecule has 102 valence electrons. The molecule has 2 heterocycles. The van der Waals surface area contributed by atoms with Crippen LogP contribution >= 0.6 is 0 Å². The minimum absolute atomic E-state index is 0.102. The van der Waals surface area contributed by atoms with Crippen molar-refractivity contribution in [2.24, 2.45) is 7.05 Å². The van der Waals surface area contributed by atoms with Gasteiger partial charge in [-0.3, -0.25) is 4.79 Å². The molecule has 0 radical (unpaired) electrons. The molecule has 0 unspecified atom stereocenters. The number of para-hydroxylation sites is 1. The molecule has 1 aromatic carbocycles. The molecule has 0 bridgehead atoms. The van der Waals surface area contributed by atoms with Gasteiger partial charge in [0.15, 0.2) is 5.82 Å². The van der Waals surface area contributed by atoms with Crippen LogP contribution in [-0.2, 0) is 18.3 Å². The fourth-order valence-corrected chi connectivity index (χ4v) is 2.35. The van der Waals surface area contributed by atoms with Crippen LogP contribution in [0.5, 0.6) is 0 Å². The molecule has 0 atom stereocenters. The molecule has 20 heavy (non-hydrogen) atoms. The smallest absolute Gasteiger partial charge is 0.230 e. The van der Waals surface area contributed by atoms with Crippen LogP contribution in [0, 0.1) is 6.92 Å². The van der Waals surface area contributed by atoms with Gasteiger partial charge in [0.05, 0.1) is 6.42 Å². The van der Waals surface area contributed by atoms with E-state index in [0.717, 1.165) is 16.5 Å². The lowest BCUT2D eigenvalue weighted by atomic mass is 10.1. The first kappa shape index (κ1) is 12.5. The summed E-state index contributed by atoms with van der Waals surface area (Å²) in [4.78, 5) is 12.0. The van der Waals surface area contributed by atoms with E-state index in [9.17, 15) is 4.79 Å². The third-order valence-electron chi connectivity index (χ3n) is 3.23. The van der Waals surface area contributed by atoms with Crippen molar-refractivity contribution in [2.45, 2.75) is 13.3 Å². The van der Waals surface area contributed by atoms with Gasteiger partial charge >= 0.3 is 0 Å². The molecule has 3 aromatic rings. The molecular formula is C15H15N3O2. The Labute approximate surface area is 116 Å². The zero-order chi connectivity index (χ0) is 14.1. The summed E-state index contributed by atoms with van der Waals surface area (Å²) in [5.41, 5.74) is 2.12. The Morgan fingerprint density at radius 2 is 2.20 bits per heavy atom. The maximum atomic E-state index is 12.0. The Bertz CT molecular complexity index is 770. The number of aromatic nitrogens is 2. The van der Waals surface area contributed by atoms with Crippen LogP contribution in [-0.4, -0.2) is 15.6 Å². The van der Waals surface area contributed by atoms with E-state index in [1.807, 2.05) is 42.1 Å². The maximum absolute atomic E-state index is 12.0. The van der Waals surface area contributed by atoms with E-state index in [-0.39, 0.29) is 5.91 Å². The van der Waals surface area contributed by atoms with Gasteiger partial charge in [0.1, 0.15) is 5.76 Å². The second kappa shape index (κ2) is 4.85. The van der Waals surface area contributed by atoms with Crippen LogP contribution in [0.1, 0.15) is 11.3 Å². The predicted molar refractivity (Wildman–Crippen MR) is 76.5 cm³/mol. The van der Waals surface area contributed by atoms with Crippen LogP contribution in [0.25, 0.3) is 10.9 Å². The Kier molecular flexibility index (Phi) is 3.02. The second-order valence-corrected chi connectivity index (χ2v) is 4.83. The van der Waals surface area contributed by atoms with Gasteiger partial charge in [-0.2, -0.15) is 0 Å². The van der Waals surface area contributed by atoms with E-state index in [1.165, 1.54) is 0 Å². The first-order valence-electron chi connectivity index (χ1n) is 6.39. The third kappa shape index (κ3) is 2.30. The van der Waals surface area contributed by atoms with E-state index in [0.29, 0.717) is 18.0 Å². The number of hydrogen-bond acceptors (Lipinski definition) is 3. The van der Waals surface area contributed by atoms with Crippen molar-refractivity contribution >= 4 is 22.6 Å². The molecule has 3 rings (SSSR count). The van der Waals surface area contributed by atoms with Crippen molar-refractivity contribution in [3.63, 3.8) is 0 Å². The van der Waals surface area contributed by atoms with Crippen molar-refractivity contribution in [1.29, 1.82) is 0 Å². The fourth-order valence-electron chi connectivity index (χ4n) is 2.35. The summed E-state index contributed by atoms with van der Waals surface area (Å²) in [6.07, 6.45) is 2.30. The molecule has 0 aliphatic rings. The molecule has 0 saturated heterocycles.